The van der Waals surface area contributed by atoms with Gasteiger partial charge in [-0.2, -0.15) is 0 Å². The molecule has 1 fully saturated rings. The topological polar surface area (TPSA) is 63.6 Å². The van der Waals surface area contributed by atoms with Gasteiger partial charge in [0.25, 0.3) is 0 Å². The van der Waals surface area contributed by atoms with Gasteiger partial charge in [-0.05, 0) is 37.0 Å². The molecule has 0 aromatic heterocycles. The van der Waals surface area contributed by atoms with Gasteiger partial charge >= 0.3 is 0 Å². The van der Waals surface area contributed by atoms with E-state index in [2.05, 4.69) is 0 Å². The van der Waals surface area contributed by atoms with Gasteiger partial charge < -0.3 is 9.84 Å². The van der Waals surface area contributed by atoms with Gasteiger partial charge in [0.15, 0.2) is 21.4 Å². The van der Waals surface area contributed by atoms with E-state index in [4.69, 9.17) is 4.74 Å². The van der Waals surface area contributed by atoms with E-state index in [0.717, 1.165) is 6.26 Å². The van der Waals surface area contributed by atoms with E-state index in [1.54, 1.807) is 6.07 Å². The Morgan fingerprint density at radius 3 is 2.75 bits per heavy atom. The molecule has 0 aliphatic heterocycles. The molecule has 0 saturated heterocycles. The molecule has 1 aromatic carbocycles. The molecule has 0 amide bonds. The van der Waals surface area contributed by atoms with Crippen molar-refractivity contribution in [3.8, 4) is 5.75 Å². The molecular weight excluding hydrogens is 283 g/mol. The molecule has 6 heteroatoms. The van der Waals surface area contributed by atoms with Gasteiger partial charge in [0.2, 0.25) is 0 Å². The SMILES string of the molecule is COc1ccc(CC2(O)CCCC2S(C)(=O)=O)cc1F. The van der Waals surface area contributed by atoms with Gasteiger partial charge in [0, 0.05) is 12.7 Å². The van der Waals surface area contributed by atoms with E-state index >= 15 is 0 Å². The maximum Gasteiger partial charge on any atom is 0.165 e. The average Bonchev–Trinajstić information content (AvgIpc) is 2.71. The molecule has 0 radical (unpaired) electrons. The quantitative estimate of drug-likeness (QED) is 0.919. The summed E-state index contributed by atoms with van der Waals surface area (Å²) in [7, 11) is -1.94. The summed E-state index contributed by atoms with van der Waals surface area (Å²) in [5, 5.41) is 9.85. The molecule has 1 aliphatic carbocycles. The third-order valence-corrected chi connectivity index (χ3v) is 5.63. The van der Waals surface area contributed by atoms with Crippen LogP contribution in [-0.4, -0.2) is 37.7 Å². The molecule has 2 rings (SSSR count). The minimum absolute atomic E-state index is 0.131. The highest BCUT2D eigenvalue weighted by atomic mass is 32.2. The van der Waals surface area contributed by atoms with Crippen LogP contribution >= 0.6 is 0 Å². The summed E-state index contributed by atoms with van der Waals surface area (Å²) in [6, 6.07) is 4.42. The minimum Gasteiger partial charge on any atom is -0.494 e. The lowest BCUT2D eigenvalue weighted by Gasteiger charge is -2.29. The Morgan fingerprint density at radius 2 is 2.20 bits per heavy atom. The van der Waals surface area contributed by atoms with Gasteiger partial charge in [-0.25, -0.2) is 12.8 Å². The van der Waals surface area contributed by atoms with Crippen LogP contribution in [0.1, 0.15) is 24.8 Å². The van der Waals surface area contributed by atoms with Crippen LogP contribution in [0.2, 0.25) is 0 Å². The van der Waals surface area contributed by atoms with Crippen LogP contribution < -0.4 is 4.74 Å². The highest BCUT2D eigenvalue weighted by Gasteiger charge is 2.46. The number of halogens is 1. The maximum atomic E-state index is 13.7. The van der Waals surface area contributed by atoms with Crippen LogP contribution in [0.15, 0.2) is 18.2 Å². The number of hydrogen-bond donors (Lipinski definition) is 1. The van der Waals surface area contributed by atoms with Crippen molar-refractivity contribution in [2.75, 3.05) is 13.4 Å². The van der Waals surface area contributed by atoms with Crippen molar-refractivity contribution < 1.29 is 22.7 Å². The van der Waals surface area contributed by atoms with E-state index in [9.17, 15) is 17.9 Å². The Morgan fingerprint density at radius 1 is 1.50 bits per heavy atom. The fourth-order valence-electron chi connectivity index (χ4n) is 3.01. The molecule has 0 heterocycles. The smallest absolute Gasteiger partial charge is 0.165 e. The van der Waals surface area contributed by atoms with Gasteiger partial charge in [0.05, 0.1) is 18.0 Å². The van der Waals surface area contributed by atoms with Crippen molar-refractivity contribution in [2.24, 2.45) is 0 Å². The number of rotatable bonds is 4. The largest absolute Gasteiger partial charge is 0.494 e. The van der Waals surface area contributed by atoms with Crippen LogP contribution in [0.4, 0.5) is 4.39 Å². The first-order valence-corrected chi connectivity index (χ1v) is 8.45. The predicted molar refractivity (Wildman–Crippen MR) is 74.1 cm³/mol. The normalized spacial score (nSPS) is 26.7. The van der Waals surface area contributed by atoms with Gasteiger partial charge in [-0.1, -0.05) is 6.07 Å². The lowest BCUT2D eigenvalue weighted by Crippen LogP contribution is -2.44. The summed E-state index contributed by atoms with van der Waals surface area (Å²) in [4.78, 5) is 0. The van der Waals surface area contributed by atoms with Crippen LogP contribution in [0.3, 0.4) is 0 Å². The van der Waals surface area contributed by atoms with Crippen LogP contribution in [0.25, 0.3) is 0 Å². The van der Waals surface area contributed by atoms with Crippen LogP contribution in [0, 0.1) is 5.82 Å². The van der Waals surface area contributed by atoms with Crippen molar-refractivity contribution in [2.45, 2.75) is 36.5 Å². The van der Waals surface area contributed by atoms with Gasteiger partial charge in [0.1, 0.15) is 0 Å². The van der Waals surface area contributed by atoms with Crippen LogP contribution in [-0.2, 0) is 16.3 Å². The predicted octanol–water partition coefficient (Wildman–Crippen LogP) is 1.71. The van der Waals surface area contributed by atoms with E-state index in [0.29, 0.717) is 24.8 Å². The highest BCUT2D eigenvalue weighted by molar-refractivity contribution is 7.91. The Balaban J connectivity index is 2.26. The monoisotopic (exact) mass is 302 g/mol. The van der Waals surface area contributed by atoms with Crippen molar-refractivity contribution in [3.05, 3.63) is 29.6 Å². The van der Waals surface area contributed by atoms with Crippen molar-refractivity contribution in [1.29, 1.82) is 0 Å². The van der Waals surface area contributed by atoms with E-state index < -0.39 is 26.5 Å². The second-order valence-corrected chi connectivity index (χ2v) is 7.69. The summed E-state index contributed by atoms with van der Waals surface area (Å²) in [6.45, 7) is 0. The molecule has 0 spiro atoms. The summed E-state index contributed by atoms with van der Waals surface area (Å²) in [5.41, 5.74) is -0.740. The molecule has 20 heavy (non-hydrogen) atoms. The molecule has 1 N–H and O–H groups in total. The highest BCUT2D eigenvalue weighted by Crippen LogP contribution is 2.37. The zero-order valence-electron chi connectivity index (χ0n) is 11.6. The fraction of sp³-hybridized carbons (Fsp3) is 0.571. The number of methoxy groups -OCH3 is 1. The van der Waals surface area contributed by atoms with Crippen molar-refractivity contribution >= 4 is 9.84 Å². The van der Waals surface area contributed by atoms with Gasteiger partial charge in [-0.3, -0.25) is 0 Å². The zero-order valence-corrected chi connectivity index (χ0v) is 12.4. The standard InChI is InChI=1S/C14H19FO4S/c1-19-12-6-5-10(8-11(12)15)9-14(16)7-3-4-13(14)20(2,17)18/h5-6,8,13,16H,3-4,7,9H2,1-2H3. The summed E-state index contributed by atoms with van der Waals surface area (Å²) in [5.74, 6) is -0.380. The van der Waals surface area contributed by atoms with E-state index in [1.165, 1.54) is 19.2 Å². The van der Waals surface area contributed by atoms with Gasteiger partial charge in [-0.15, -0.1) is 0 Å². The molecule has 112 valence electrons. The molecule has 0 bridgehead atoms. The Kier molecular flexibility index (Phi) is 4.07. The molecular formula is C14H19FO4S. The molecule has 2 unspecified atom stereocenters. The van der Waals surface area contributed by atoms with E-state index in [-0.39, 0.29) is 12.2 Å². The Hall–Kier alpha value is -1.14. The lowest BCUT2D eigenvalue weighted by molar-refractivity contribution is 0.0512. The average molecular weight is 302 g/mol. The zero-order chi connectivity index (χ0) is 15.0. The lowest BCUT2D eigenvalue weighted by atomic mass is 9.92. The molecule has 1 saturated carbocycles. The molecule has 2 atom stereocenters. The molecule has 1 aliphatic rings. The fourth-order valence-corrected chi connectivity index (χ4v) is 4.60. The molecule has 1 aromatic rings. The molecule has 4 nitrogen and oxygen atoms in total. The summed E-state index contributed by atoms with van der Waals surface area (Å²) >= 11 is 0. The van der Waals surface area contributed by atoms with E-state index in [1.807, 2.05) is 0 Å². The number of sulfone groups is 1. The number of benzene rings is 1. The first kappa shape index (κ1) is 15.3. The summed E-state index contributed by atoms with van der Waals surface area (Å²) < 4.78 is 42.0. The van der Waals surface area contributed by atoms with Crippen molar-refractivity contribution in [1.82, 2.24) is 0 Å². The third-order valence-electron chi connectivity index (χ3n) is 3.92. The third kappa shape index (κ3) is 2.96. The van der Waals surface area contributed by atoms with Crippen molar-refractivity contribution in [3.63, 3.8) is 0 Å². The second kappa shape index (κ2) is 5.33. The second-order valence-electron chi connectivity index (χ2n) is 5.46. The minimum atomic E-state index is -3.32. The summed E-state index contributed by atoms with van der Waals surface area (Å²) in [6.07, 6.45) is 2.80. The number of ether oxygens (including phenoxy) is 1. The number of hydrogen-bond acceptors (Lipinski definition) is 4. The Labute approximate surface area is 118 Å². The first-order valence-electron chi connectivity index (χ1n) is 6.50. The first-order chi connectivity index (χ1) is 9.26. The number of aliphatic hydroxyl groups is 1. The maximum absolute atomic E-state index is 13.7. The van der Waals surface area contributed by atoms with Crippen LogP contribution in [0.5, 0.6) is 5.75 Å². The Bertz CT molecular complexity index is 599.